The fraction of sp³-hybridized carbons (Fsp3) is 0.778. The Bertz CT molecular complexity index is 199. The number of carbonyl (C=O) groups is 2. The minimum Gasteiger partial charge on any atom is -0.458 e. The van der Waals surface area contributed by atoms with Crippen molar-refractivity contribution < 1.29 is 14.3 Å². The lowest BCUT2D eigenvalue weighted by molar-refractivity contribution is -0.156. The zero-order chi connectivity index (χ0) is 10.5. The van der Waals surface area contributed by atoms with Gasteiger partial charge in [-0.05, 0) is 20.3 Å². The molecule has 0 atom stereocenters. The molecule has 0 saturated heterocycles. The molecule has 0 aromatic rings. The van der Waals surface area contributed by atoms with Gasteiger partial charge in [-0.25, -0.2) is 0 Å². The van der Waals surface area contributed by atoms with Crippen molar-refractivity contribution >= 4 is 11.9 Å². The van der Waals surface area contributed by atoms with Gasteiger partial charge in [-0.2, -0.15) is 0 Å². The monoisotopic (exact) mass is 187 g/mol. The van der Waals surface area contributed by atoms with Crippen LogP contribution in [0.15, 0.2) is 0 Å². The van der Waals surface area contributed by atoms with Crippen molar-refractivity contribution in [2.24, 2.45) is 0 Å². The van der Waals surface area contributed by atoms with Crippen molar-refractivity contribution in [2.75, 3.05) is 6.54 Å². The number of amides is 1. The molecule has 0 rings (SSSR count). The van der Waals surface area contributed by atoms with Crippen LogP contribution >= 0.6 is 0 Å². The molecule has 1 N–H and O–H groups in total. The summed E-state index contributed by atoms with van der Waals surface area (Å²) >= 11 is 0. The summed E-state index contributed by atoms with van der Waals surface area (Å²) in [5.41, 5.74) is -0.449. The molecule has 0 aliphatic rings. The van der Waals surface area contributed by atoms with Gasteiger partial charge in [0.2, 0.25) is 5.91 Å². The number of carbonyl (C=O) groups excluding carboxylic acids is 2. The summed E-state index contributed by atoms with van der Waals surface area (Å²) in [6.45, 7) is 6.90. The Labute approximate surface area is 78.6 Å². The molecular weight excluding hydrogens is 170 g/mol. The molecule has 0 radical (unpaired) electrons. The highest BCUT2D eigenvalue weighted by molar-refractivity contribution is 5.80. The number of rotatable bonds is 4. The summed E-state index contributed by atoms with van der Waals surface area (Å²) in [5, 5.41) is 2.38. The van der Waals surface area contributed by atoms with Crippen molar-refractivity contribution in [2.45, 2.75) is 39.7 Å². The Kier molecular flexibility index (Phi) is 4.45. The second-order valence-corrected chi connectivity index (χ2v) is 3.50. The van der Waals surface area contributed by atoms with E-state index in [-0.39, 0.29) is 12.5 Å². The highest BCUT2D eigenvalue weighted by atomic mass is 16.6. The molecule has 4 heteroatoms. The summed E-state index contributed by atoms with van der Waals surface area (Å²) in [6.07, 6.45) is 0.749. The number of hydrogen-bond donors (Lipinski definition) is 1. The van der Waals surface area contributed by atoms with Crippen LogP contribution in [0.5, 0.6) is 0 Å². The first-order valence-electron chi connectivity index (χ1n) is 4.33. The third-order valence-corrected chi connectivity index (χ3v) is 1.72. The van der Waals surface area contributed by atoms with E-state index in [1.165, 1.54) is 6.92 Å². The third-order valence-electron chi connectivity index (χ3n) is 1.72. The van der Waals surface area contributed by atoms with Crippen LogP contribution in [0.25, 0.3) is 0 Å². The molecule has 0 fully saturated rings. The van der Waals surface area contributed by atoms with Crippen LogP contribution in [0.1, 0.15) is 34.1 Å². The Hall–Kier alpha value is -1.06. The van der Waals surface area contributed by atoms with E-state index in [1.807, 2.05) is 20.8 Å². The van der Waals surface area contributed by atoms with Crippen molar-refractivity contribution in [3.63, 3.8) is 0 Å². The molecule has 0 aliphatic heterocycles. The number of nitrogens with one attached hydrogen (secondary N) is 1. The van der Waals surface area contributed by atoms with Gasteiger partial charge in [0.05, 0.1) is 0 Å². The van der Waals surface area contributed by atoms with Gasteiger partial charge in [0.25, 0.3) is 0 Å². The molecule has 0 heterocycles. The molecule has 13 heavy (non-hydrogen) atoms. The molecule has 0 spiro atoms. The topological polar surface area (TPSA) is 55.4 Å². The Balaban J connectivity index is 3.81. The Morgan fingerprint density at radius 1 is 1.38 bits per heavy atom. The van der Waals surface area contributed by atoms with Gasteiger partial charge in [0.15, 0.2) is 0 Å². The van der Waals surface area contributed by atoms with Crippen molar-refractivity contribution in [1.82, 2.24) is 5.32 Å². The molecule has 0 aromatic heterocycles. The van der Waals surface area contributed by atoms with E-state index in [4.69, 9.17) is 4.74 Å². The maximum absolute atomic E-state index is 11.1. The first kappa shape index (κ1) is 11.9. The first-order valence-corrected chi connectivity index (χ1v) is 4.33. The van der Waals surface area contributed by atoms with Gasteiger partial charge >= 0.3 is 5.97 Å². The lowest BCUT2D eigenvalue weighted by Gasteiger charge is -2.23. The van der Waals surface area contributed by atoms with Gasteiger partial charge in [0.1, 0.15) is 12.1 Å². The summed E-state index contributed by atoms with van der Waals surface area (Å²) in [6, 6.07) is 0. The van der Waals surface area contributed by atoms with E-state index in [2.05, 4.69) is 5.32 Å². The van der Waals surface area contributed by atoms with Crippen LogP contribution < -0.4 is 5.32 Å². The zero-order valence-corrected chi connectivity index (χ0v) is 8.64. The largest absolute Gasteiger partial charge is 0.458 e. The average Bonchev–Trinajstić information content (AvgIpc) is 2.00. The van der Waals surface area contributed by atoms with E-state index < -0.39 is 11.6 Å². The second kappa shape index (κ2) is 4.84. The SMILES string of the molecule is CCC(C)(C)OC(=O)CNC(C)=O. The summed E-state index contributed by atoms with van der Waals surface area (Å²) in [4.78, 5) is 21.5. The third kappa shape index (κ3) is 6.13. The Morgan fingerprint density at radius 3 is 2.31 bits per heavy atom. The van der Waals surface area contributed by atoms with E-state index >= 15 is 0 Å². The number of esters is 1. The lowest BCUT2D eigenvalue weighted by Crippen LogP contribution is -2.34. The maximum Gasteiger partial charge on any atom is 0.325 e. The summed E-state index contributed by atoms with van der Waals surface area (Å²) < 4.78 is 5.08. The quantitative estimate of drug-likeness (QED) is 0.664. The second-order valence-electron chi connectivity index (χ2n) is 3.50. The average molecular weight is 187 g/mol. The van der Waals surface area contributed by atoms with Crippen LogP contribution in [0, 0.1) is 0 Å². The minimum atomic E-state index is -0.449. The summed E-state index contributed by atoms with van der Waals surface area (Å²) in [5.74, 6) is -0.631. The highest BCUT2D eigenvalue weighted by Gasteiger charge is 2.19. The number of hydrogen-bond acceptors (Lipinski definition) is 3. The fourth-order valence-corrected chi connectivity index (χ4v) is 0.613. The van der Waals surface area contributed by atoms with Gasteiger partial charge in [-0.3, -0.25) is 9.59 Å². The predicted octanol–water partition coefficient (Wildman–Crippen LogP) is 0.854. The van der Waals surface area contributed by atoms with E-state index in [0.717, 1.165) is 6.42 Å². The normalized spacial score (nSPS) is 10.8. The minimum absolute atomic E-state index is 0.0568. The van der Waals surface area contributed by atoms with Crippen LogP contribution in [-0.2, 0) is 14.3 Å². The van der Waals surface area contributed by atoms with E-state index in [9.17, 15) is 9.59 Å². The van der Waals surface area contributed by atoms with E-state index in [0.29, 0.717) is 0 Å². The molecule has 0 bridgehead atoms. The molecule has 0 aromatic carbocycles. The highest BCUT2D eigenvalue weighted by Crippen LogP contribution is 2.12. The van der Waals surface area contributed by atoms with Gasteiger partial charge < -0.3 is 10.1 Å². The molecule has 4 nitrogen and oxygen atoms in total. The van der Waals surface area contributed by atoms with Crippen molar-refractivity contribution in [3.8, 4) is 0 Å². The molecule has 76 valence electrons. The molecule has 0 aliphatic carbocycles. The molecule has 0 unspecified atom stereocenters. The molecule has 0 saturated carbocycles. The van der Waals surface area contributed by atoms with Crippen LogP contribution in [0.4, 0.5) is 0 Å². The maximum atomic E-state index is 11.1. The smallest absolute Gasteiger partial charge is 0.325 e. The van der Waals surface area contributed by atoms with Gasteiger partial charge in [-0.15, -0.1) is 0 Å². The first-order chi connectivity index (χ1) is 5.87. The standard InChI is InChI=1S/C9H17NO3/c1-5-9(3,4)13-8(12)6-10-7(2)11/h5-6H2,1-4H3,(H,10,11). The zero-order valence-electron chi connectivity index (χ0n) is 8.64. The molecule has 1 amide bonds. The van der Waals surface area contributed by atoms with E-state index in [1.54, 1.807) is 0 Å². The molecular formula is C9H17NO3. The summed E-state index contributed by atoms with van der Waals surface area (Å²) in [7, 11) is 0. The van der Waals surface area contributed by atoms with Crippen molar-refractivity contribution in [3.05, 3.63) is 0 Å². The van der Waals surface area contributed by atoms with Gasteiger partial charge in [0, 0.05) is 6.92 Å². The van der Waals surface area contributed by atoms with Crippen LogP contribution in [-0.4, -0.2) is 24.0 Å². The lowest BCUT2D eigenvalue weighted by atomic mass is 10.1. The van der Waals surface area contributed by atoms with Crippen LogP contribution in [0.2, 0.25) is 0 Å². The predicted molar refractivity (Wildman–Crippen MR) is 49.1 cm³/mol. The Morgan fingerprint density at radius 2 is 1.92 bits per heavy atom. The van der Waals surface area contributed by atoms with Crippen molar-refractivity contribution in [1.29, 1.82) is 0 Å². The van der Waals surface area contributed by atoms with Crippen LogP contribution in [0.3, 0.4) is 0 Å². The fourth-order valence-electron chi connectivity index (χ4n) is 0.613. The van der Waals surface area contributed by atoms with Gasteiger partial charge in [-0.1, -0.05) is 6.92 Å². The number of ether oxygens (including phenoxy) is 1.